The van der Waals surface area contributed by atoms with E-state index in [4.69, 9.17) is 10.5 Å². The molecule has 0 spiro atoms. The van der Waals surface area contributed by atoms with Crippen LogP contribution in [0, 0.1) is 0 Å². The molecule has 0 radical (unpaired) electrons. The highest BCUT2D eigenvalue weighted by Crippen LogP contribution is 2.27. The highest BCUT2D eigenvalue weighted by Gasteiger charge is 2.12. The normalized spacial score (nSPS) is 10.5. The van der Waals surface area contributed by atoms with Crippen LogP contribution >= 0.6 is 11.3 Å². The lowest BCUT2D eigenvalue weighted by Gasteiger charge is -1.98. The maximum absolute atomic E-state index is 11.4. The number of carbonyl (C=O) groups is 1. The number of benzene rings is 1. The minimum Gasteiger partial charge on any atom is -0.465 e. The van der Waals surface area contributed by atoms with Gasteiger partial charge in [-0.15, -0.1) is 11.3 Å². The molecule has 0 bridgehead atoms. The third kappa shape index (κ3) is 1.73. The Morgan fingerprint density at radius 3 is 3.00 bits per heavy atom. The van der Waals surface area contributed by atoms with Gasteiger partial charge < -0.3 is 10.5 Å². The first-order valence-electron chi connectivity index (χ1n) is 4.54. The minimum atomic E-state index is -0.290. The van der Waals surface area contributed by atoms with Gasteiger partial charge in [-0.05, 0) is 11.6 Å². The molecule has 3 nitrogen and oxygen atoms in total. The predicted octanol–water partition coefficient (Wildman–Crippen LogP) is 2.15. The van der Waals surface area contributed by atoms with E-state index in [-0.39, 0.29) is 5.97 Å². The molecule has 2 rings (SSSR count). The molecule has 1 heterocycles. The first-order valence-corrected chi connectivity index (χ1v) is 5.42. The van der Waals surface area contributed by atoms with Gasteiger partial charge in [-0.2, -0.15) is 0 Å². The first-order chi connectivity index (χ1) is 7.26. The topological polar surface area (TPSA) is 52.3 Å². The lowest BCUT2D eigenvalue weighted by Crippen LogP contribution is -1.99. The van der Waals surface area contributed by atoms with Crippen LogP contribution in [-0.2, 0) is 11.3 Å². The number of hydrogen-bond acceptors (Lipinski definition) is 4. The van der Waals surface area contributed by atoms with E-state index in [0.29, 0.717) is 12.1 Å². The molecular weight excluding hydrogens is 210 g/mol. The van der Waals surface area contributed by atoms with Crippen molar-refractivity contribution in [3.63, 3.8) is 0 Å². The van der Waals surface area contributed by atoms with Crippen molar-refractivity contribution in [1.82, 2.24) is 0 Å². The van der Waals surface area contributed by atoms with Crippen LogP contribution in [0.1, 0.15) is 15.9 Å². The Labute approximate surface area is 91.5 Å². The van der Waals surface area contributed by atoms with Crippen molar-refractivity contribution in [1.29, 1.82) is 0 Å². The third-order valence-electron chi connectivity index (χ3n) is 2.28. The summed E-state index contributed by atoms with van der Waals surface area (Å²) in [6, 6.07) is 5.86. The summed E-state index contributed by atoms with van der Waals surface area (Å²) in [6.45, 7) is 0.515. The van der Waals surface area contributed by atoms with Crippen LogP contribution in [0.5, 0.6) is 0 Å². The molecule has 1 aromatic carbocycles. The molecule has 78 valence electrons. The van der Waals surface area contributed by atoms with E-state index >= 15 is 0 Å². The molecule has 1 aromatic heterocycles. The number of methoxy groups -OCH3 is 1. The Hall–Kier alpha value is -1.39. The first kappa shape index (κ1) is 10.1. The summed E-state index contributed by atoms with van der Waals surface area (Å²) in [5.41, 5.74) is 7.24. The maximum Gasteiger partial charge on any atom is 0.339 e. The monoisotopic (exact) mass is 221 g/mol. The number of hydrogen-bond donors (Lipinski definition) is 1. The van der Waals surface area contributed by atoms with Gasteiger partial charge in [0.1, 0.15) is 0 Å². The number of fused-ring (bicyclic) bond motifs is 1. The van der Waals surface area contributed by atoms with E-state index in [9.17, 15) is 4.79 Å². The highest BCUT2D eigenvalue weighted by molar-refractivity contribution is 7.17. The number of rotatable bonds is 2. The third-order valence-corrected chi connectivity index (χ3v) is 3.23. The summed E-state index contributed by atoms with van der Waals surface area (Å²) >= 11 is 1.53. The van der Waals surface area contributed by atoms with Gasteiger partial charge in [-0.1, -0.05) is 12.1 Å². The molecule has 0 aliphatic heterocycles. The second-order valence-corrected chi connectivity index (χ2v) is 4.09. The van der Waals surface area contributed by atoms with Gasteiger partial charge in [0.25, 0.3) is 0 Å². The van der Waals surface area contributed by atoms with Gasteiger partial charge in [0.15, 0.2) is 0 Å². The van der Waals surface area contributed by atoms with Crippen molar-refractivity contribution < 1.29 is 9.53 Å². The molecule has 0 amide bonds. The summed E-state index contributed by atoms with van der Waals surface area (Å²) in [4.78, 5) is 11.4. The summed E-state index contributed by atoms with van der Waals surface area (Å²) in [7, 11) is 1.39. The standard InChI is InChI=1S/C11H11NO2S/c1-14-11(13)9-6-15-10-4-7(5-12)2-3-8(9)10/h2-4,6H,5,12H2,1H3. The zero-order valence-electron chi connectivity index (χ0n) is 8.32. The van der Waals surface area contributed by atoms with E-state index in [1.807, 2.05) is 23.6 Å². The van der Waals surface area contributed by atoms with Crippen LogP contribution in [-0.4, -0.2) is 13.1 Å². The molecular formula is C11H11NO2S. The SMILES string of the molecule is COC(=O)c1csc2cc(CN)ccc12. The van der Waals surface area contributed by atoms with Crippen molar-refractivity contribution in [3.8, 4) is 0 Å². The fraction of sp³-hybridized carbons (Fsp3) is 0.182. The van der Waals surface area contributed by atoms with Crippen LogP contribution in [0.4, 0.5) is 0 Å². The Balaban J connectivity index is 2.57. The van der Waals surface area contributed by atoms with E-state index in [1.54, 1.807) is 0 Å². The van der Waals surface area contributed by atoms with E-state index in [2.05, 4.69) is 0 Å². The number of ether oxygens (including phenoxy) is 1. The van der Waals surface area contributed by atoms with Gasteiger partial charge in [0, 0.05) is 22.0 Å². The van der Waals surface area contributed by atoms with Crippen LogP contribution in [0.25, 0.3) is 10.1 Å². The Bertz CT molecular complexity index is 504. The molecule has 0 saturated carbocycles. The zero-order valence-corrected chi connectivity index (χ0v) is 9.14. The van der Waals surface area contributed by atoms with Crippen molar-refractivity contribution in [3.05, 3.63) is 34.7 Å². The Morgan fingerprint density at radius 1 is 1.53 bits per heavy atom. The molecule has 0 unspecified atom stereocenters. The summed E-state index contributed by atoms with van der Waals surface area (Å²) < 4.78 is 5.77. The molecule has 0 fully saturated rings. The molecule has 0 saturated heterocycles. The Kier molecular flexibility index (Phi) is 2.70. The van der Waals surface area contributed by atoms with E-state index in [0.717, 1.165) is 15.6 Å². The van der Waals surface area contributed by atoms with E-state index in [1.165, 1.54) is 18.4 Å². The smallest absolute Gasteiger partial charge is 0.339 e. The van der Waals surface area contributed by atoms with Crippen molar-refractivity contribution >= 4 is 27.4 Å². The fourth-order valence-corrected chi connectivity index (χ4v) is 2.46. The predicted molar refractivity (Wildman–Crippen MR) is 61.1 cm³/mol. The van der Waals surface area contributed by atoms with Crippen LogP contribution < -0.4 is 5.73 Å². The molecule has 0 aliphatic rings. The molecule has 4 heteroatoms. The van der Waals surface area contributed by atoms with Crippen molar-refractivity contribution in [2.45, 2.75) is 6.54 Å². The zero-order chi connectivity index (χ0) is 10.8. The van der Waals surface area contributed by atoms with Gasteiger partial charge in [-0.25, -0.2) is 4.79 Å². The summed E-state index contributed by atoms with van der Waals surface area (Å²) in [5.74, 6) is -0.290. The van der Waals surface area contributed by atoms with Gasteiger partial charge in [0.05, 0.1) is 12.7 Å². The average molecular weight is 221 g/mol. The van der Waals surface area contributed by atoms with E-state index < -0.39 is 0 Å². The molecule has 0 aliphatic carbocycles. The molecule has 15 heavy (non-hydrogen) atoms. The fourth-order valence-electron chi connectivity index (χ4n) is 1.47. The number of esters is 1. The molecule has 2 N–H and O–H groups in total. The van der Waals surface area contributed by atoms with Crippen molar-refractivity contribution in [2.24, 2.45) is 5.73 Å². The number of thiophene rings is 1. The maximum atomic E-state index is 11.4. The second-order valence-electron chi connectivity index (χ2n) is 3.18. The second kappa shape index (κ2) is 4.00. The summed E-state index contributed by atoms with van der Waals surface area (Å²) in [6.07, 6.45) is 0. The largest absolute Gasteiger partial charge is 0.465 e. The lowest BCUT2D eigenvalue weighted by molar-refractivity contribution is 0.0603. The van der Waals surface area contributed by atoms with Crippen molar-refractivity contribution in [2.75, 3.05) is 7.11 Å². The average Bonchev–Trinajstić information content (AvgIpc) is 2.70. The number of carbonyl (C=O) groups excluding carboxylic acids is 1. The van der Waals surface area contributed by atoms with Gasteiger partial charge >= 0.3 is 5.97 Å². The van der Waals surface area contributed by atoms with Crippen LogP contribution in [0.3, 0.4) is 0 Å². The highest BCUT2D eigenvalue weighted by atomic mass is 32.1. The quantitative estimate of drug-likeness (QED) is 0.790. The lowest BCUT2D eigenvalue weighted by atomic mass is 10.1. The van der Waals surface area contributed by atoms with Crippen LogP contribution in [0.2, 0.25) is 0 Å². The minimum absolute atomic E-state index is 0.290. The van der Waals surface area contributed by atoms with Gasteiger partial charge in [-0.3, -0.25) is 0 Å². The van der Waals surface area contributed by atoms with Gasteiger partial charge in [0.2, 0.25) is 0 Å². The Morgan fingerprint density at radius 2 is 2.33 bits per heavy atom. The van der Waals surface area contributed by atoms with Crippen LogP contribution in [0.15, 0.2) is 23.6 Å². The summed E-state index contributed by atoms with van der Waals surface area (Å²) in [5, 5.41) is 2.75. The number of nitrogens with two attached hydrogens (primary N) is 1. The molecule has 2 aromatic rings. The molecule has 0 atom stereocenters.